The van der Waals surface area contributed by atoms with Crippen LogP contribution in [0.25, 0.3) is 0 Å². The Morgan fingerprint density at radius 1 is 1.50 bits per heavy atom. The van der Waals surface area contributed by atoms with Gasteiger partial charge in [-0.1, -0.05) is 0 Å². The number of nitrogens with one attached hydrogen (secondary N) is 2. The second kappa shape index (κ2) is 7.08. The van der Waals surface area contributed by atoms with E-state index in [1.807, 2.05) is 6.92 Å². The third-order valence-electron chi connectivity index (χ3n) is 2.60. The highest BCUT2D eigenvalue weighted by atomic mass is 79.9. The Morgan fingerprint density at radius 2 is 2.27 bits per heavy atom. The Balaban J connectivity index is 2.17. The molecule has 0 spiro atoms. The van der Waals surface area contributed by atoms with Gasteiger partial charge in [-0.2, -0.15) is 5.10 Å². The van der Waals surface area contributed by atoms with Gasteiger partial charge in [0.1, 0.15) is 0 Å². The first-order valence-electron chi connectivity index (χ1n) is 6.52. The number of phenolic OH excluding ortho intramolecular Hbond substituents is 1. The average molecular weight is 367 g/mol. The highest BCUT2D eigenvalue weighted by Crippen LogP contribution is 2.35. The summed E-state index contributed by atoms with van der Waals surface area (Å²) in [5, 5.41) is 13.8. The third kappa shape index (κ3) is 4.08. The number of aryl methyl sites for hydroxylation is 1. The molecule has 22 heavy (non-hydrogen) atoms. The number of hydrazone groups is 1. The molecule has 2 aromatic rings. The number of aromatic amines is 1. The van der Waals surface area contributed by atoms with E-state index in [4.69, 9.17) is 4.74 Å². The molecule has 0 atom stereocenters. The van der Waals surface area contributed by atoms with Crippen molar-refractivity contribution in [3.63, 3.8) is 0 Å². The van der Waals surface area contributed by atoms with Gasteiger partial charge in [0.15, 0.2) is 11.5 Å². The monoisotopic (exact) mass is 366 g/mol. The number of aromatic nitrogens is 2. The van der Waals surface area contributed by atoms with Gasteiger partial charge >= 0.3 is 0 Å². The molecule has 8 heteroatoms. The maximum Gasteiger partial charge on any atom is 0.252 e. The minimum Gasteiger partial charge on any atom is -0.503 e. The lowest BCUT2D eigenvalue weighted by Gasteiger charge is -2.08. The first kappa shape index (κ1) is 16.0. The molecule has 0 bridgehead atoms. The van der Waals surface area contributed by atoms with Gasteiger partial charge in [0.2, 0.25) is 5.95 Å². The lowest BCUT2D eigenvalue weighted by molar-refractivity contribution is 0.317. The van der Waals surface area contributed by atoms with Gasteiger partial charge in [-0.15, -0.1) is 0 Å². The number of H-pyrrole nitrogens is 1. The number of phenols is 1. The second-order valence-corrected chi connectivity index (χ2v) is 5.24. The fourth-order valence-corrected chi connectivity index (χ4v) is 2.19. The zero-order chi connectivity index (χ0) is 16.1. The van der Waals surface area contributed by atoms with Crippen molar-refractivity contribution < 1.29 is 9.84 Å². The van der Waals surface area contributed by atoms with Gasteiger partial charge in [0, 0.05) is 11.8 Å². The van der Waals surface area contributed by atoms with Crippen molar-refractivity contribution in [1.29, 1.82) is 0 Å². The van der Waals surface area contributed by atoms with Crippen molar-refractivity contribution in [2.75, 3.05) is 12.0 Å². The van der Waals surface area contributed by atoms with E-state index in [-0.39, 0.29) is 17.3 Å². The van der Waals surface area contributed by atoms with Crippen LogP contribution in [0, 0.1) is 6.92 Å². The normalized spacial score (nSPS) is 10.9. The zero-order valence-corrected chi connectivity index (χ0v) is 13.6. The minimum absolute atomic E-state index is 0.0386. The van der Waals surface area contributed by atoms with E-state index in [0.29, 0.717) is 28.1 Å². The maximum absolute atomic E-state index is 11.3. The van der Waals surface area contributed by atoms with Crippen LogP contribution >= 0.6 is 15.9 Å². The summed E-state index contributed by atoms with van der Waals surface area (Å²) in [6.45, 7) is 3.98. The van der Waals surface area contributed by atoms with E-state index in [0.717, 1.165) is 0 Å². The molecule has 0 radical (unpaired) electrons. The molecule has 0 fully saturated rings. The molecule has 2 rings (SSSR count). The summed E-state index contributed by atoms with van der Waals surface area (Å²) in [6.07, 6.45) is 1.52. The standard InChI is InChI=1S/C14H15BrN4O3/c1-3-22-11-6-9(5-10(15)13(11)21)7-16-19-14-17-8(2)4-12(20)18-14/h4-7,21H,3H2,1-2H3,(H2,17,18,19,20)/b16-7+. The minimum atomic E-state index is -0.254. The van der Waals surface area contributed by atoms with Gasteiger partial charge in [-0.3, -0.25) is 9.78 Å². The summed E-state index contributed by atoms with van der Waals surface area (Å²) in [6, 6.07) is 4.73. The number of aromatic hydroxyl groups is 1. The summed E-state index contributed by atoms with van der Waals surface area (Å²) >= 11 is 3.25. The van der Waals surface area contributed by atoms with Gasteiger partial charge in [-0.25, -0.2) is 10.4 Å². The van der Waals surface area contributed by atoms with Crippen molar-refractivity contribution in [3.05, 3.63) is 44.3 Å². The highest BCUT2D eigenvalue weighted by Gasteiger charge is 2.08. The van der Waals surface area contributed by atoms with Crippen molar-refractivity contribution in [3.8, 4) is 11.5 Å². The molecule has 3 N–H and O–H groups in total. The van der Waals surface area contributed by atoms with E-state index in [1.54, 1.807) is 19.1 Å². The van der Waals surface area contributed by atoms with E-state index in [2.05, 4.69) is 36.4 Å². The van der Waals surface area contributed by atoms with E-state index < -0.39 is 0 Å². The molecule has 1 aromatic carbocycles. The zero-order valence-electron chi connectivity index (χ0n) is 12.1. The molecule has 1 heterocycles. The predicted octanol–water partition coefficient (Wildman–Crippen LogP) is 2.39. The van der Waals surface area contributed by atoms with Crippen molar-refractivity contribution in [2.45, 2.75) is 13.8 Å². The van der Waals surface area contributed by atoms with Crippen LogP contribution in [-0.2, 0) is 0 Å². The largest absolute Gasteiger partial charge is 0.503 e. The van der Waals surface area contributed by atoms with Crippen LogP contribution in [0.2, 0.25) is 0 Å². The SMILES string of the molecule is CCOc1cc(/C=N/Nc2nc(C)cc(=O)[nH]2)cc(Br)c1O. The summed E-state index contributed by atoms with van der Waals surface area (Å²) in [7, 11) is 0. The molecular formula is C14H15BrN4O3. The van der Waals surface area contributed by atoms with Gasteiger partial charge in [0.05, 0.1) is 17.3 Å². The molecule has 0 saturated heterocycles. The number of rotatable bonds is 5. The quantitative estimate of drug-likeness (QED) is 0.557. The first-order valence-corrected chi connectivity index (χ1v) is 7.31. The Labute approximate surface area is 135 Å². The number of hydrogen-bond donors (Lipinski definition) is 3. The first-order chi connectivity index (χ1) is 10.5. The lowest BCUT2D eigenvalue weighted by Crippen LogP contribution is -2.10. The molecule has 0 aliphatic carbocycles. The predicted molar refractivity (Wildman–Crippen MR) is 87.8 cm³/mol. The van der Waals surface area contributed by atoms with E-state index in [1.165, 1.54) is 12.3 Å². The van der Waals surface area contributed by atoms with Crippen molar-refractivity contribution in [2.24, 2.45) is 5.10 Å². The number of hydrogen-bond acceptors (Lipinski definition) is 6. The van der Waals surface area contributed by atoms with Crippen LogP contribution in [0.1, 0.15) is 18.2 Å². The molecule has 0 amide bonds. The van der Waals surface area contributed by atoms with Gasteiger partial charge in [-0.05, 0) is 47.5 Å². The molecule has 0 unspecified atom stereocenters. The number of nitrogens with zero attached hydrogens (tertiary/aromatic N) is 2. The molecular weight excluding hydrogens is 352 g/mol. The van der Waals surface area contributed by atoms with E-state index in [9.17, 15) is 9.90 Å². The second-order valence-electron chi connectivity index (χ2n) is 4.39. The summed E-state index contributed by atoms with van der Waals surface area (Å²) < 4.78 is 5.83. The van der Waals surface area contributed by atoms with Crippen LogP contribution in [-0.4, -0.2) is 27.9 Å². The molecule has 0 aliphatic heterocycles. The highest BCUT2D eigenvalue weighted by molar-refractivity contribution is 9.10. The van der Waals surface area contributed by atoms with Gasteiger partial charge < -0.3 is 9.84 Å². The maximum atomic E-state index is 11.3. The Bertz CT molecular complexity index is 758. The Hall–Kier alpha value is -2.35. The molecule has 1 aromatic heterocycles. The fourth-order valence-electron chi connectivity index (χ4n) is 1.73. The van der Waals surface area contributed by atoms with E-state index >= 15 is 0 Å². The number of anilines is 1. The molecule has 0 saturated carbocycles. The van der Waals surface area contributed by atoms with Crippen LogP contribution in [0.5, 0.6) is 11.5 Å². The summed E-state index contributed by atoms with van der Waals surface area (Å²) in [4.78, 5) is 17.9. The van der Waals surface area contributed by atoms with Crippen molar-refractivity contribution in [1.82, 2.24) is 9.97 Å². The molecule has 7 nitrogen and oxygen atoms in total. The summed E-state index contributed by atoms with van der Waals surface area (Å²) in [5.74, 6) is 0.654. The average Bonchev–Trinajstić information content (AvgIpc) is 2.43. The van der Waals surface area contributed by atoms with Crippen LogP contribution in [0.3, 0.4) is 0 Å². The van der Waals surface area contributed by atoms with Crippen LogP contribution in [0.4, 0.5) is 5.95 Å². The lowest BCUT2D eigenvalue weighted by atomic mass is 10.2. The third-order valence-corrected chi connectivity index (χ3v) is 3.21. The number of halogens is 1. The fraction of sp³-hybridized carbons (Fsp3) is 0.214. The number of ether oxygens (including phenoxy) is 1. The Kier molecular flexibility index (Phi) is 5.16. The number of benzene rings is 1. The molecule has 116 valence electrons. The summed E-state index contributed by atoms with van der Waals surface area (Å²) in [5.41, 5.74) is 3.69. The smallest absolute Gasteiger partial charge is 0.252 e. The topological polar surface area (TPSA) is 99.6 Å². The Morgan fingerprint density at radius 3 is 2.95 bits per heavy atom. The van der Waals surface area contributed by atoms with Crippen molar-refractivity contribution >= 4 is 28.1 Å². The van der Waals surface area contributed by atoms with Crippen LogP contribution < -0.4 is 15.7 Å². The van der Waals surface area contributed by atoms with Crippen LogP contribution in [0.15, 0.2) is 32.6 Å². The van der Waals surface area contributed by atoms with Gasteiger partial charge in [0.25, 0.3) is 5.56 Å². The molecule has 0 aliphatic rings.